The van der Waals surface area contributed by atoms with Gasteiger partial charge in [0, 0.05) is 9.26 Å². The molecule has 0 unspecified atom stereocenters. The number of anilines is 1. The van der Waals surface area contributed by atoms with Crippen LogP contribution in [0.4, 0.5) is 5.69 Å². The van der Waals surface area contributed by atoms with Gasteiger partial charge in [-0.15, -0.1) is 0 Å². The Morgan fingerprint density at radius 1 is 1.26 bits per heavy atom. The molecule has 0 saturated heterocycles. The zero-order chi connectivity index (χ0) is 16.7. The van der Waals surface area contributed by atoms with Gasteiger partial charge in [-0.1, -0.05) is 0 Å². The SMILES string of the molecule is COc1ccc(/C=N/NC(=O)CNc2ccc(I)cc2C)cc1. The lowest BCUT2D eigenvalue weighted by atomic mass is 10.2. The van der Waals surface area contributed by atoms with Gasteiger partial charge in [-0.2, -0.15) is 5.10 Å². The number of nitrogens with zero attached hydrogens (tertiary/aromatic N) is 1. The van der Waals surface area contributed by atoms with Gasteiger partial charge in [0.15, 0.2) is 0 Å². The number of halogens is 1. The zero-order valence-corrected chi connectivity index (χ0v) is 15.1. The summed E-state index contributed by atoms with van der Waals surface area (Å²) < 4.78 is 6.25. The van der Waals surface area contributed by atoms with Crippen molar-refractivity contribution in [2.24, 2.45) is 5.10 Å². The number of aryl methyl sites for hydroxylation is 1. The second-order valence-corrected chi connectivity index (χ2v) is 6.12. The van der Waals surface area contributed by atoms with Crippen LogP contribution in [0, 0.1) is 10.5 Å². The van der Waals surface area contributed by atoms with Crippen LogP contribution in [0.25, 0.3) is 0 Å². The monoisotopic (exact) mass is 423 g/mol. The lowest BCUT2D eigenvalue weighted by Gasteiger charge is -2.08. The minimum Gasteiger partial charge on any atom is -0.497 e. The van der Waals surface area contributed by atoms with Gasteiger partial charge in [-0.05, 0) is 83.1 Å². The lowest BCUT2D eigenvalue weighted by molar-refractivity contribution is -0.119. The van der Waals surface area contributed by atoms with E-state index in [1.165, 1.54) is 3.57 Å². The Morgan fingerprint density at radius 2 is 2.00 bits per heavy atom. The van der Waals surface area contributed by atoms with E-state index in [1.807, 2.05) is 43.3 Å². The largest absolute Gasteiger partial charge is 0.497 e. The fraction of sp³-hybridized carbons (Fsp3) is 0.176. The summed E-state index contributed by atoms with van der Waals surface area (Å²) in [5.41, 5.74) is 5.43. The van der Waals surface area contributed by atoms with E-state index in [2.05, 4.69) is 44.5 Å². The number of hydrogen-bond acceptors (Lipinski definition) is 4. The van der Waals surface area contributed by atoms with Gasteiger partial charge in [0.2, 0.25) is 0 Å². The number of hydrogen-bond donors (Lipinski definition) is 2. The zero-order valence-electron chi connectivity index (χ0n) is 13.0. The maximum atomic E-state index is 11.8. The van der Waals surface area contributed by atoms with Crippen molar-refractivity contribution >= 4 is 40.4 Å². The first-order valence-electron chi connectivity index (χ1n) is 7.04. The number of methoxy groups -OCH3 is 1. The summed E-state index contributed by atoms with van der Waals surface area (Å²) in [7, 11) is 1.62. The highest BCUT2D eigenvalue weighted by atomic mass is 127. The molecule has 1 amide bonds. The molecule has 120 valence electrons. The number of ether oxygens (including phenoxy) is 1. The molecule has 0 aromatic heterocycles. The van der Waals surface area contributed by atoms with E-state index in [0.717, 1.165) is 22.6 Å². The molecule has 6 heteroatoms. The van der Waals surface area contributed by atoms with E-state index in [1.54, 1.807) is 13.3 Å². The van der Waals surface area contributed by atoms with Gasteiger partial charge in [0.25, 0.3) is 5.91 Å². The molecule has 0 atom stereocenters. The molecule has 2 aromatic carbocycles. The van der Waals surface area contributed by atoms with Crippen LogP contribution in [0.15, 0.2) is 47.6 Å². The van der Waals surface area contributed by atoms with E-state index >= 15 is 0 Å². The third kappa shape index (κ3) is 5.55. The molecule has 23 heavy (non-hydrogen) atoms. The van der Waals surface area contributed by atoms with Crippen molar-refractivity contribution in [3.63, 3.8) is 0 Å². The quantitative estimate of drug-likeness (QED) is 0.426. The van der Waals surface area contributed by atoms with Crippen LogP contribution in [0.3, 0.4) is 0 Å². The van der Waals surface area contributed by atoms with Crippen LogP contribution in [-0.2, 0) is 4.79 Å². The molecule has 2 rings (SSSR count). The smallest absolute Gasteiger partial charge is 0.259 e. The van der Waals surface area contributed by atoms with E-state index in [4.69, 9.17) is 4.74 Å². The predicted octanol–water partition coefficient (Wildman–Crippen LogP) is 3.17. The number of rotatable bonds is 6. The minimum absolute atomic E-state index is 0.168. The second-order valence-electron chi connectivity index (χ2n) is 4.88. The second kappa shape index (κ2) is 8.52. The topological polar surface area (TPSA) is 62.7 Å². The Balaban J connectivity index is 1.81. The molecule has 0 fully saturated rings. The van der Waals surface area contributed by atoms with Crippen molar-refractivity contribution in [2.75, 3.05) is 19.0 Å². The standard InChI is InChI=1S/C17H18IN3O2/c1-12-9-14(18)5-8-16(12)19-11-17(22)21-20-10-13-3-6-15(23-2)7-4-13/h3-10,19H,11H2,1-2H3,(H,21,22)/b20-10+. The van der Waals surface area contributed by atoms with Crippen LogP contribution in [0.1, 0.15) is 11.1 Å². The third-order valence-electron chi connectivity index (χ3n) is 3.15. The van der Waals surface area contributed by atoms with E-state index in [9.17, 15) is 4.79 Å². The average molecular weight is 423 g/mol. The maximum absolute atomic E-state index is 11.8. The predicted molar refractivity (Wildman–Crippen MR) is 101 cm³/mol. The van der Waals surface area contributed by atoms with Gasteiger partial charge in [-0.3, -0.25) is 4.79 Å². The van der Waals surface area contributed by atoms with Gasteiger partial charge in [0.1, 0.15) is 5.75 Å². The number of amides is 1. The van der Waals surface area contributed by atoms with Crippen LogP contribution >= 0.6 is 22.6 Å². The summed E-state index contributed by atoms with van der Waals surface area (Å²) in [5.74, 6) is 0.580. The first kappa shape index (κ1) is 17.3. The van der Waals surface area contributed by atoms with E-state index in [0.29, 0.717) is 0 Å². The molecule has 0 saturated carbocycles. The summed E-state index contributed by atoms with van der Waals surface area (Å²) in [6.07, 6.45) is 1.59. The molecular weight excluding hydrogens is 405 g/mol. The van der Waals surface area contributed by atoms with Crippen molar-refractivity contribution in [3.05, 3.63) is 57.2 Å². The fourth-order valence-corrected chi connectivity index (χ4v) is 2.56. The Hall–Kier alpha value is -2.09. The van der Waals surface area contributed by atoms with Crippen LogP contribution < -0.4 is 15.5 Å². The summed E-state index contributed by atoms with van der Waals surface area (Å²) >= 11 is 2.26. The highest BCUT2D eigenvalue weighted by molar-refractivity contribution is 14.1. The van der Waals surface area contributed by atoms with Gasteiger partial charge >= 0.3 is 0 Å². The Morgan fingerprint density at radius 3 is 2.65 bits per heavy atom. The number of benzene rings is 2. The summed E-state index contributed by atoms with van der Waals surface area (Å²) in [6.45, 7) is 2.17. The lowest BCUT2D eigenvalue weighted by Crippen LogP contribution is -2.26. The van der Waals surface area contributed by atoms with Gasteiger partial charge < -0.3 is 10.1 Å². The van der Waals surface area contributed by atoms with Crippen molar-refractivity contribution in [1.82, 2.24) is 5.43 Å². The number of nitrogens with one attached hydrogen (secondary N) is 2. The molecule has 2 aromatic rings. The molecule has 0 heterocycles. The first-order valence-corrected chi connectivity index (χ1v) is 8.12. The third-order valence-corrected chi connectivity index (χ3v) is 3.82. The molecule has 2 N–H and O–H groups in total. The first-order chi connectivity index (χ1) is 11.1. The molecular formula is C17H18IN3O2. The Labute approximate surface area is 149 Å². The molecule has 0 aliphatic rings. The Bertz CT molecular complexity index is 699. The van der Waals surface area contributed by atoms with Crippen molar-refractivity contribution in [2.45, 2.75) is 6.92 Å². The maximum Gasteiger partial charge on any atom is 0.259 e. The van der Waals surface area contributed by atoms with Crippen molar-refractivity contribution in [1.29, 1.82) is 0 Å². The molecule has 5 nitrogen and oxygen atoms in total. The molecule has 0 aliphatic carbocycles. The molecule has 0 bridgehead atoms. The van der Waals surface area contributed by atoms with Gasteiger partial charge in [-0.25, -0.2) is 5.43 Å². The number of carbonyl (C=O) groups is 1. The van der Waals surface area contributed by atoms with Gasteiger partial charge in [0.05, 0.1) is 19.9 Å². The van der Waals surface area contributed by atoms with E-state index in [-0.39, 0.29) is 12.5 Å². The molecule has 0 radical (unpaired) electrons. The van der Waals surface area contributed by atoms with E-state index < -0.39 is 0 Å². The fourth-order valence-electron chi connectivity index (χ4n) is 1.91. The highest BCUT2D eigenvalue weighted by Crippen LogP contribution is 2.17. The summed E-state index contributed by atoms with van der Waals surface area (Å²) in [5, 5.41) is 7.04. The number of hydrazone groups is 1. The Kier molecular flexibility index (Phi) is 6.40. The highest BCUT2D eigenvalue weighted by Gasteiger charge is 2.02. The van der Waals surface area contributed by atoms with Crippen LogP contribution in [0.2, 0.25) is 0 Å². The molecule has 0 spiro atoms. The van der Waals surface area contributed by atoms with Crippen molar-refractivity contribution in [3.8, 4) is 5.75 Å². The number of carbonyl (C=O) groups excluding carboxylic acids is 1. The normalized spacial score (nSPS) is 10.6. The molecule has 0 aliphatic heterocycles. The van der Waals surface area contributed by atoms with Crippen molar-refractivity contribution < 1.29 is 9.53 Å². The summed E-state index contributed by atoms with van der Waals surface area (Å²) in [4.78, 5) is 11.8. The van der Waals surface area contributed by atoms with Crippen LogP contribution in [-0.4, -0.2) is 25.8 Å². The summed E-state index contributed by atoms with van der Waals surface area (Å²) in [6, 6.07) is 13.4. The average Bonchev–Trinajstić information content (AvgIpc) is 2.54. The minimum atomic E-state index is -0.201. The van der Waals surface area contributed by atoms with Crippen LogP contribution in [0.5, 0.6) is 5.75 Å².